The van der Waals surface area contributed by atoms with Crippen LogP contribution in [0.1, 0.15) is 32.3 Å². The minimum absolute atomic E-state index is 0.102. The van der Waals surface area contributed by atoms with Crippen LogP contribution in [0.15, 0.2) is 29.3 Å². The Morgan fingerprint density at radius 3 is 2.34 bits per heavy atom. The second-order valence-corrected chi connectivity index (χ2v) is 6.42. The van der Waals surface area contributed by atoms with Gasteiger partial charge in [-0.25, -0.2) is 4.39 Å². The van der Waals surface area contributed by atoms with E-state index in [9.17, 15) is 9.18 Å². The van der Waals surface area contributed by atoms with Crippen LogP contribution in [-0.4, -0.2) is 64.5 Å². The number of hydrogen-bond acceptors (Lipinski definition) is 4. The van der Waals surface area contributed by atoms with Gasteiger partial charge in [0.15, 0.2) is 5.96 Å². The number of rotatable bonds is 15. The average Bonchev–Trinajstić information content (AvgIpc) is 2.71. The Kier molecular flexibility index (Phi) is 14.3. The molecule has 0 bridgehead atoms. The minimum Gasteiger partial charge on any atom is -0.379 e. The number of aliphatic imine (C=N–C) groups is 1. The van der Waals surface area contributed by atoms with Gasteiger partial charge in [-0.2, -0.15) is 0 Å². The van der Waals surface area contributed by atoms with Crippen LogP contribution in [-0.2, 0) is 20.7 Å². The molecular weight excluding hydrogens is 375 g/mol. The molecule has 0 heterocycles. The van der Waals surface area contributed by atoms with Crippen molar-refractivity contribution in [3.8, 4) is 0 Å². The molecule has 0 radical (unpaired) electrons. The van der Waals surface area contributed by atoms with Gasteiger partial charge in [0.1, 0.15) is 5.82 Å². The molecule has 164 valence electrons. The monoisotopic (exact) mass is 410 g/mol. The fraction of sp³-hybridized carbons (Fsp3) is 0.619. The molecule has 0 aromatic heterocycles. The standard InChI is InChI=1S/C21H35FN4O3/c1-3-5-13-28-15-16-29-14-12-26-21(23-4-2)25-11-10-24-20(27)17-18-6-8-19(22)9-7-18/h6-9H,3-5,10-17H2,1-2H3,(H,24,27)(H2,23,25,26). The molecule has 0 spiro atoms. The van der Waals surface area contributed by atoms with Gasteiger partial charge in [-0.3, -0.25) is 9.79 Å². The molecule has 0 saturated heterocycles. The zero-order valence-corrected chi connectivity index (χ0v) is 17.6. The summed E-state index contributed by atoms with van der Waals surface area (Å²) in [5.74, 6) is 0.275. The molecule has 0 aliphatic rings. The van der Waals surface area contributed by atoms with Crippen molar-refractivity contribution in [2.75, 3.05) is 52.6 Å². The lowest BCUT2D eigenvalue weighted by atomic mass is 10.1. The molecule has 0 fully saturated rings. The quantitative estimate of drug-likeness (QED) is 0.234. The Morgan fingerprint density at radius 1 is 0.966 bits per heavy atom. The van der Waals surface area contributed by atoms with Gasteiger partial charge in [0, 0.05) is 26.2 Å². The van der Waals surface area contributed by atoms with Crippen molar-refractivity contribution in [1.82, 2.24) is 16.0 Å². The summed E-state index contributed by atoms with van der Waals surface area (Å²) < 4.78 is 23.8. The van der Waals surface area contributed by atoms with Gasteiger partial charge in [-0.05, 0) is 31.0 Å². The van der Waals surface area contributed by atoms with Crippen LogP contribution >= 0.6 is 0 Å². The molecule has 1 rings (SSSR count). The number of hydrogen-bond donors (Lipinski definition) is 3. The van der Waals surface area contributed by atoms with Crippen LogP contribution in [0, 0.1) is 5.82 Å². The molecule has 0 aliphatic heterocycles. The summed E-state index contributed by atoms with van der Waals surface area (Å²) in [7, 11) is 0. The first kappa shape index (κ1) is 24.8. The summed E-state index contributed by atoms with van der Waals surface area (Å²) in [5, 5.41) is 9.15. The third kappa shape index (κ3) is 13.6. The third-order valence-corrected chi connectivity index (χ3v) is 3.88. The number of ether oxygens (including phenoxy) is 2. The van der Waals surface area contributed by atoms with Crippen molar-refractivity contribution < 1.29 is 18.7 Å². The predicted octanol–water partition coefficient (Wildman–Crippen LogP) is 1.87. The number of guanidine groups is 1. The Balaban J connectivity index is 2.13. The lowest BCUT2D eigenvalue weighted by Gasteiger charge is -2.12. The molecule has 0 saturated carbocycles. The average molecular weight is 411 g/mol. The highest BCUT2D eigenvalue weighted by Crippen LogP contribution is 2.03. The molecule has 1 amide bonds. The number of carbonyl (C=O) groups excluding carboxylic acids is 1. The number of halogens is 1. The fourth-order valence-electron chi connectivity index (χ4n) is 2.37. The van der Waals surface area contributed by atoms with Gasteiger partial charge in [0.2, 0.25) is 5.91 Å². The minimum atomic E-state index is -0.306. The first-order valence-electron chi connectivity index (χ1n) is 10.3. The normalized spacial score (nSPS) is 11.3. The van der Waals surface area contributed by atoms with Crippen LogP contribution in [0.4, 0.5) is 4.39 Å². The van der Waals surface area contributed by atoms with Gasteiger partial charge < -0.3 is 25.4 Å². The van der Waals surface area contributed by atoms with E-state index in [1.807, 2.05) is 6.92 Å². The van der Waals surface area contributed by atoms with Gasteiger partial charge in [-0.1, -0.05) is 25.5 Å². The summed E-state index contributed by atoms with van der Waals surface area (Å²) in [4.78, 5) is 16.4. The van der Waals surface area contributed by atoms with Crippen molar-refractivity contribution in [1.29, 1.82) is 0 Å². The zero-order valence-electron chi connectivity index (χ0n) is 17.6. The smallest absolute Gasteiger partial charge is 0.224 e. The molecule has 0 aliphatic carbocycles. The number of benzene rings is 1. The maximum Gasteiger partial charge on any atom is 0.224 e. The van der Waals surface area contributed by atoms with Crippen LogP contribution in [0.5, 0.6) is 0 Å². The summed E-state index contributed by atoms with van der Waals surface area (Å²) in [6.07, 6.45) is 2.44. The van der Waals surface area contributed by atoms with Crippen LogP contribution in [0.3, 0.4) is 0 Å². The van der Waals surface area contributed by atoms with E-state index in [0.717, 1.165) is 31.6 Å². The van der Waals surface area contributed by atoms with Gasteiger partial charge >= 0.3 is 0 Å². The highest BCUT2D eigenvalue weighted by molar-refractivity contribution is 5.80. The largest absolute Gasteiger partial charge is 0.379 e. The molecule has 7 nitrogen and oxygen atoms in total. The zero-order chi connectivity index (χ0) is 21.2. The lowest BCUT2D eigenvalue weighted by Crippen LogP contribution is -2.42. The van der Waals surface area contributed by atoms with E-state index in [4.69, 9.17) is 9.47 Å². The van der Waals surface area contributed by atoms with E-state index >= 15 is 0 Å². The summed E-state index contributed by atoms with van der Waals surface area (Å²) in [6.45, 7) is 8.93. The van der Waals surface area contributed by atoms with Gasteiger partial charge in [0.05, 0.1) is 32.8 Å². The summed E-state index contributed by atoms with van der Waals surface area (Å²) >= 11 is 0. The Bertz CT molecular complexity index is 582. The van der Waals surface area contributed by atoms with Crippen molar-refractivity contribution in [2.45, 2.75) is 33.1 Å². The second kappa shape index (κ2) is 16.7. The first-order valence-corrected chi connectivity index (χ1v) is 10.3. The number of nitrogens with zero attached hydrogens (tertiary/aromatic N) is 1. The van der Waals surface area contributed by atoms with Crippen LogP contribution in [0.2, 0.25) is 0 Å². The van der Waals surface area contributed by atoms with Gasteiger partial charge in [0.25, 0.3) is 0 Å². The molecule has 0 atom stereocenters. The number of nitrogens with one attached hydrogen (secondary N) is 3. The van der Waals surface area contributed by atoms with E-state index in [1.54, 1.807) is 12.1 Å². The molecule has 29 heavy (non-hydrogen) atoms. The first-order chi connectivity index (χ1) is 14.2. The molecule has 8 heteroatoms. The molecule has 1 aromatic carbocycles. The Labute approximate surface area is 173 Å². The topological polar surface area (TPSA) is 84.0 Å². The van der Waals surface area contributed by atoms with Gasteiger partial charge in [-0.15, -0.1) is 0 Å². The van der Waals surface area contributed by atoms with Crippen molar-refractivity contribution in [3.63, 3.8) is 0 Å². The SMILES string of the molecule is CCCCOCCOCCN=C(NCC)NCCNC(=O)Cc1ccc(F)cc1. The van der Waals surface area contributed by atoms with Crippen molar-refractivity contribution in [3.05, 3.63) is 35.6 Å². The third-order valence-electron chi connectivity index (χ3n) is 3.88. The van der Waals surface area contributed by atoms with E-state index in [-0.39, 0.29) is 18.1 Å². The molecule has 0 unspecified atom stereocenters. The van der Waals surface area contributed by atoms with Crippen molar-refractivity contribution >= 4 is 11.9 Å². The summed E-state index contributed by atoms with van der Waals surface area (Å²) in [6, 6.07) is 5.93. The highest BCUT2D eigenvalue weighted by atomic mass is 19.1. The Hall–Kier alpha value is -2.19. The molecular formula is C21H35FN4O3. The van der Waals surface area contributed by atoms with E-state index in [2.05, 4.69) is 27.9 Å². The molecule has 1 aromatic rings. The van der Waals surface area contributed by atoms with E-state index < -0.39 is 0 Å². The highest BCUT2D eigenvalue weighted by Gasteiger charge is 2.03. The number of unbranched alkanes of at least 4 members (excludes halogenated alkanes) is 1. The maximum atomic E-state index is 12.9. The Morgan fingerprint density at radius 2 is 1.66 bits per heavy atom. The van der Waals surface area contributed by atoms with E-state index in [0.29, 0.717) is 45.4 Å². The fourth-order valence-corrected chi connectivity index (χ4v) is 2.37. The second-order valence-electron chi connectivity index (χ2n) is 6.42. The predicted molar refractivity (Wildman–Crippen MR) is 114 cm³/mol. The molecule has 3 N–H and O–H groups in total. The maximum absolute atomic E-state index is 12.9. The summed E-state index contributed by atoms with van der Waals surface area (Å²) in [5.41, 5.74) is 0.780. The van der Waals surface area contributed by atoms with E-state index in [1.165, 1.54) is 12.1 Å². The van der Waals surface area contributed by atoms with Crippen LogP contribution in [0.25, 0.3) is 0 Å². The number of amides is 1. The van der Waals surface area contributed by atoms with Crippen molar-refractivity contribution in [2.24, 2.45) is 4.99 Å². The number of carbonyl (C=O) groups is 1. The van der Waals surface area contributed by atoms with Crippen LogP contribution < -0.4 is 16.0 Å². The lowest BCUT2D eigenvalue weighted by molar-refractivity contribution is -0.120.